The molecule has 0 bridgehead atoms. The van der Waals surface area contributed by atoms with Gasteiger partial charge in [-0.2, -0.15) is 0 Å². The summed E-state index contributed by atoms with van der Waals surface area (Å²) in [5, 5.41) is 10.9. The quantitative estimate of drug-likeness (QED) is 0.544. The molecule has 0 amide bonds. The summed E-state index contributed by atoms with van der Waals surface area (Å²) in [5.74, 6) is -0.107. The number of phenols is 1. The fourth-order valence-electron chi connectivity index (χ4n) is 2.98. The monoisotopic (exact) mass is 383 g/mol. The minimum absolute atomic E-state index is 0.0522. The predicted octanol–water partition coefficient (Wildman–Crippen LogP) is 6.54. The van der Waals surface area contributed by atoms with Crippen LogP contribution >= 0.6 is 23.4 Å². The number of fused-ring (bicyclic) bond motifs is 1. The lowest BCUT2D eigenvalue weighted by Gasteiger charge is -2.16. The van der Waals surface area contributed by atoms with E-state index >= 15 is 0 Å². The van der Waals surface area contributed by atoms with Crippen LogP contribution in [0.1, 0.15) is 22.8 Å². The molecule has 1 aliphatic heterocycles. The Morgan fingerprint density at radius 3 is 2.62 bits per heavy atom. The van der Waals surface area contributed by atoms with E-state index in [1.807, 2.05) is 24.3 Å². The van der Waals surface area contributed by atoms with Gasteiger partial charge in [0, 0.05) is 27.2 Å². The van der Waals surface area contributed by atoms with E-state index < -0.39 is 0 Å². The van der Waals surface area contributed by atoms with Gasteiger partial charge >= 0.3 is 0 Å². The highest BCUT2D eigenvalue weighted by Gasteiger charge is 2.24. The molecule has 1 unspecified atom stereocenters. The summed E-state index contributed by atoms with van der Waals surface area (Å²) >= 11 is 7.83. The SMILES string of the molecule is Oc1ccc(Cl)cc1C1=Nc2ccccc2SC(c2ccc(F)cc2)C1. The lowest BCUT2D eigenvalue weighted by Crippen LogP contribution is -2.06. The normalized spacial score (nSPS) is 16.5. The molecule has 3 aromatic rings. The molecule has 2 nitrogen and oxygen atoms in total. The number of halogens is 2. The van der Waals surface area contributed by atoms with E-state index in [0.29, 0.717) is 17.0 Å². The molecular weight excluding hydrogens is 369 g/mol. The van der Waals surface area contributed by atoms with Crippen molar-refractivity contribution in [1.29, 1.82) is 0 Å². The number of para-hydroxylation sites is 1. The number of aromatic hydroxyl groups is 1. The molecule has 0 radical (unpaired) electrons. The highest BCUT2D eigenvalue weighted by molar-refractivity contribution is 7.99. The van der Waals surface area contributed by atoms with Gasteiger partial charge in [0.1, 0.15) is 11.6 Å². The summed E-state index contributed by atoms with van der Waals surface area (Å²) in [4.78, 5) is 5.86. The lowest BCUT2D eigenvalue weighted by atomic mass is 10.0. The molecule has 1 atom stereocenters. The van der Waals surface area contributed by atoms with Crippen LogP contribution in [0.5, 0.6) is 5.75 Å². The van der Waals surface area contributed by atoms with Crippen molar-refractivity contribution in [2.75, 3.05) is 0 Å². The number of benzene rings is 3. The summed E-state index contributed by atoms with van der Waals surface area (Å²) in [6.07, 6.45) is 0.596. The van der Waals surface area contributed by atoms with Crippen LogP contribution in [0.15, 0.2) is 76.6 Å². The van der Waals surface area contributed by atoms with E-state index in [0.717, 1.165) is 21.9 Å². The maximum absolute atomic E-state index is 13.3. The summed E-state index contributed by atoms with van der Waals surface area (Å²) < 4.78 is 13.3. The number of nitrogens with zero attached hydrogens (tertiary/aromatic N) is 1. The van der Waals surface area contributed by atoms with Gasteiger partial charge in [-0.15, -0.1) is 11.8 Å². The lowest BCUT2D eigenvalue weighted by molar-refractivity contribution is 0.474. The molecule has 0 aromatic heterocycles. The Morgan fingerprint density at radius 2 is 1.81 bits per heavy atom. The van der Waals surface area contributed by atoms with Crippen LogP contribution in [0.4, 0.5) is 10.1 Å². The number of rotatable bonds is 2. The molecule has 5 heteroatoms. The molecule has 0 saturated heterocycles. The zero-order chi connectivity index (χ0) is 18.1. The molecule has 0 aliphatic carbocycles. The second kappa shape index (κ2) is 7.14. The van der Waals surface area contributed by atoms with Gasteiger partial charge in [-0.25, -0.2) is 4.39 Å². The molecule has 0 fully saturated rings. The van der Waals surface area contributed by atoms with Crippen molar-refractivity contribution in [1.82, 2.24) is 0 Å². The number of hydrogen-bond acceptors (Lipinski definition) is 3. The van der Waals surface area contributed by atoms with Gasteiger partial charge in [-0.05, 0) is 48.0 Å². The molecular formula is C21H15ClFNOS. The first-order valence-electron chi connectivity index (χ1n) is 8.18. The number of thioether (sulfide) groups is 1. The van der Waals surface area contributed by atoms with Crippen LogP contribution in [-0.4, -0.2) is 10.8 Å². The molecule has 3 aromatic carbocycles. The van der Waals surface area contributed by atoms with E-state index in [1.54, 1.807) is 42.1 Å². The highest BCUT2D eigenvalue weighted by Crippen LogP contribution is 2.46. The third-order valence-electron chi connectivity index (χ3n) is 4.28. The number of hydrogen-bond donors (Lipinski definition) is 1. The first-order valence-corrected chi connectivity index (χ1v) is 9.43. The molecule has 1 heterocycles. The van der Waals surface area contributed by atoms with Crippen molar-refractivity contribution in [2.24, 2.45) is 4.99 Å². The fourth-order valence-corrected chi connectivity index (χ4v) is 4.39. The smallest absolute Gasteiger partial charge is 0.124 e. The van der Waals surface area contributed by atoms with Gasteiger partial charge < -0.3 is 5.11 Å². The van der Waals surface area contributed by atoms with Gasteiger partial charge in [0.15, 0.2) is 0 Å². The van der Waals surface area contributed by atoms with E-state index in [4.69, 9.17) is 16.6 Å². The van der Waals surface area contributed by atoms with Crippen molar-refractivity contribution in [2.45, 2.75) is 16.6 Å². The zero-order valence-electron chi connectivity index (χ0n) is 13.7. The van der Waals surface area contributed by atoms with Crippen molar-refractivity contribution in [3.8, 4) is 5.75 Å². The van der Waals surface area contributed by atoms with Crippen LogP contribution in [0, 0.1) is 5.82 Å². The first-order chi connectivity index (χ1) is 12.6. The van der Waals surface area contributed by atoms with Gasteiger partial charge in [0.2, 0.25) is 0 Å². The van der Waals surface area contributed by atoms with Crippen molar-refractivity contribution >= 4 is 34.8 Å². The summed E-state index contributed by atoms with van der Waals surface area (Å²) in [5.41, 5.74) is 3.26. The summed E-state index contributed by atoms with van der Waals surface area (Å²) in [6.45, 7) is 0. The molecule has 1 aliphatic rings. The second-order valence-electron chi connectivity index (χ2n) is 6.05. The highest BCUT2D eigenvalue weighted by atomic mass is 35.5. The Bertz CT molecular complexity index is 988. The predicted molar refractivity (Wildman–Crippen MR) is 105 cm³/mol. The second-order valence-corrected chi connectivity index (χ2v) is 7.73. The van der Waals surface area contributed by atoms with Crippen molar-refractivity contribution in [3.05, 3.63) is 88.7 Å². The Kier molecular flexibility index (Phi) is 4.70. The molecule has 0 saturated carbocycles. The largest absolute Gasteiger partial charge is 0.507 e. The Hall–Kier alpha value is -2.30. The Labute approximate surface area is 160 Å². The van der Waals surface area contributed by atoms with Gasteiger partial charge in [-0.1, -0.05) is 35.9 Å². The van der Waals surface area contributed by atoms with Crippen molar-refractivity contribution in [3.63, 3.8) is 0 Å². The summed E-state index contributed by atoms with van der Waals surface area (Å²) in [6, 6.07) is 19.4. The van der Waals surface area contributed by atoms with E-state index in [2.05, 4.69) is 0 Å². The molecule has 130 valence electrons. The van der Waals surface area contributed by atoms with Gasteiger partial charge in [-0.3, -0.25) is 4.99 Å². The minimum Gasteiger partial charge on any atom is -0.507 e. The molecule has 1 N–H and O–H groups in total. The third-order valence-corrected chi connectivity index (χ3v) is 5.84. The molecule has 4 rings (SSSR count). The van der Waals surface area contributed by atoms with Crippen LogP contribution in [-0.2, 0) is 0 Å². The van der Waals surface area contributed by atoms with E-state index in [9.17, 15) is 9.50 Å². The van der Waals surface area contributed by atoms with Crippen molar-refractivity contribution < 1.29 is 9.50 Å². The average molecular weight is 384 g/mol. The first kappa shape index (κ1) is 17.1. The van der Waals surface area contributed by atoms with Gasteiger partial charge in [0.05, 0.1) is 11.4 Å². The van der Waals surface area contributed by atoms with Crippen LogP contribution in [0.2, 0.25) is 5.02 Å². The minimum atomic E-state index is -0.255. The Morgan fingerprint density at radius 1 is 1.04 bits per heavy atom. The number of aliphatic imine (C=N–C) groups is 1. The Balaban J connectivity index is 1.83. The van der Waals surface area contributed by atoms with E-state index in [1.165, 1.54) is 12.1 Å². The fraction of sp³-hybridized carbons (Fsp3) is 0.0952. The molecule has 26 heavy (non-hydrogen) atoms. The number of phenolic OH excluding ortho intramolecular Hbond substituents is 1. The maximum atomic E-state index is 13.3. The standard InChI is InChI=1S/C21H15ClFNOS/c22-14-7-10-19(25)16(11-14)18-12-21(13-5-8-15(23)9-6-13)26-20-4-2-1-3-17(20)24-18/h1-11,21,25H,12H2. The third kappa shape index (κ3) is 3.48. The zero-order valence-corrected chi connectivity index (χ0v) is 15.3. The van der Waals surface area contributed by atoms with E-state index in [-0.39, 0.29) is 16.8 Å². The van der Waals surface area contributed by atoms with Gasteiger partial charge in [0.25, 0.3) is 0 Å². The summed E-state index contributed by atoms with van der Waals surface area (Å²) in [7, 11) is 0. The maximum Gasteiger partial charge on any atom is 0.124 e. The van der Waals surface area contributed by atoms with Crippen LogP contribution in [0.3, 0.4) is 0 Å². The molecule has 0 spiro atoms. The topological polar surface area (TPSA) is 32.6 Å². The average Bonchev–Trinajstić information content (AvgIpc) is 2.84. The van der Waals surface area contributed by atoms with Crippen LogP contribution in [0.25, 0.3) is 0 Å². The van der Waals surface area contributed by atoms with Crippen LogP contribution < -0.4 is 0 Å².